The Morgan fingerprint density at radius 3 is 2.75 bits per heavy atom. The van der Waals surface area contributed by atoms with E-state index in [1.54, 1.807) is 0 Å². The number of aryl methyl sites for hydroxylation is 1. The maximum atomic E-state index is 4.26. The van der Waals surface area contributed by atoms with E-state index in [9.17, 15) is 0 Å². The van der Waals surface area contributed by atoms with Gasteiger partial charge in [0.15, 0.2) is 0 Å². The monoisotopic (exact) mass is 269 g/mol. The summed E-state index contributed by atoms with van der Waals surface area (Å²) < 4.78 is 0. The van der Waals surface area contributed by atoms with Gasteiger partial charge < -0.3 is 5.32 Å². The van der Waals surface area contributed by atoms with Crippen LogP contribution in [0, 0.1) is 12.8 Å². The molecular weight excluding hydrogens is 242 g/mol. The third-order valence-electron chi connectivity index (χ3n) is 4.03. The molecule has 1 aliphatic rings. The van der Waals surface area contributed by atoms with Crippen LogP contribution in [0.3, 0.4) is 0 Å². The van der Waals surface area contributed by atoms with Gasteiger partial charge in [-0.2, -0.15) is 0 Å². The summed E-state index contributed by atoms with van der Waals surface area (Å²) in [6.07, 6.45) is 5.66. The Kier molecular flexibility index (Phi) is 4.69. The van der Waals surface area contributed by atoms with Crippen LogP contribution in [0.15, 0.2) is 36.0 Å². The molecule has 0 bridgehead atoms. The second kappa shape index (κ2) is 6.30. The molecule has 0 fully saturated rings. The molecule has 1 aromatic rings. The SMILES string of the molecule is C=C(NC(CC)CC(C)C)C1=Cc2cc(C)ccc2C1. The topological polar surface area (TPSA) is 12.0 Å². The first-order valence-corrected chi connectivity index (χ1v) is 7.75. The average molecular weight is 269 g/mol. The maximum Gasteiger partial charge on any atom is 0.0305 e. The number of hydrogen-bond donors (Lipinski definition) is 1. The Labute approximate surface area is 123 Å². The van der Waals surface area contributed by atoms with E-state index in [0.717, 1.165) is 24.5 Å². The Balaban J connectivity index is 2.03. The van der Waals surface area contributed by atoms with Gasteiger partial charge in [0.25, 0.3) is 0 Å². The molecule has 1 N–H and O–H groups in total. The third-order valence-corrected chi connectivity index (χ3v) is 4.03. The van der Waals surface area contributed by atoms with Crippen LogP contribution in [-0.4, -0.2) is 6.04 Å². The van der Waals surface area contributed by atoms with Crippen molar-refractivity contribution in [1.29, 1.82) is 0 Å². The summed E-state index contributed by atoms with van der Waals surface area (Å²) in [5, 5.41) is 3.63. The molecule has 20 heavy (non-hydrogen) atoms. The van der Waals surface area contributed by atoms with Crippen molar-refractivity contribution in [2.24, 2.45) is 5.92 Å². The predicted molar refractivity (Wildman–Crippen MR) is 88.7 cm³/mol. The first-order valence-electron chi connectivity index (χ1n) is 7.75. The molecule has 0 heterocycles. The van der Waals surface area contributed by atoms with Crippen molar-refractivity contribution < 1.29 is 0 Å². The van der Waals surface area contributed by atoms with E-state index >= 15 is 0 Å². The van der Waals surface area contributed by atoms with E-state index in [2.05, 4.69) is 63.9 Å². The van der Waals surface area contributed by atoms with Crippen molar-refractivity contribution in [3.8, 4) is 0 Å². The van der Waals surface area contributed by atoms with E-state index in [0.29, 0.717) is 6.04 Å². The summed E-state index contributed by atoms with van der Waals surface area (Å²) in [5.41, 5.74) is 6.55. The lowest BCUT2D eigenvalue weighted by molar-refractivity contribution is 0.438. The molecule has 0 radical (unpaired) electrons. The number of fused-ring (bicyclic) bond motifs is 1. The van der Waals surface area contributed by atoms with E-state index in [1.807, 2.05) is 0 Å². The van der Waals surface area contributed by atoms with Crippen molar-refractivity contribution in [1.82, 2.24) is 5.32 Å². The van der Waals surface area contributed by atoms with Gasteiger partial charge in [0, 0.05) is 18.2 Å². The van der Waals surface area contributed by atoms with Crippen molar-refractivity contribution in [3.05, 3.63) is 52.7 Å². The van der Waals surface area contributed by atoms with Crippen molar-refractivity contribution >= 4 is 6.08 Å². The zero-order valence-corrected chi connectivity index (χ0v) is 13.3. The first-order chi connectivity index (χ1) is 9.49. The Morgan fingerprint density at radius 2 is 2.10 bits per heavy atom. The van der Waals surface area contributed by atoms with Gasteiger partial charge in [0.1, 0.15) is 0 Å². The van der Waals surface area contributed by atoms with E-state index in [1.165, 1.54) is 28.7 Å². The maximum absolute atomic E-state index is 4.26. The molecule has 1 aromatic carbocycles. The van der Waals surface area contributed by atoms with Crippen molar-refractivity contribution in [2.45, 2.75) is 53.0 Å². The van der Waals surface area contributed by atoms with Crippen LogP contribution < -0.4 is 5.32 Å². The van der Waals surface area contributed by atoms with Gasteiger partial charge in [-0.15, -0.1) is 0 Å². The van der Waals surface area contributed by atoms with Crippen LogP contribution in [0.1, 0.15) is 50.3 Å². The number of nitrogens with one attached hydrogen (secondary N) is 1. The molecule has 1 heteroatoms. The number of rotatable bonds is 6. The summed E-state index contributed by atoms with van der Waals surface area (Å²) in [5.74, 6) is 0.720. The molecule has 1 atom stereocenters. The minimum Gasteiger partial charge on any atom is -0.383 e. The summed E-state index contributed by atoms with van der Waals surface area (Å²) >= 11 is 0. The molecule has 0 saturated heterocycles. The van der Waals surface area contributed by atoms with Gasteiger partial charge >= 0.3 is 0 Å². The third kappa shape index (κ3) is 3.53. The molecule has 2 rings (SSSR count). The molecule has 0 saturated carbocycles. The quantitative estimate of drug-likeness (QED) is 0.777. The van der Waals surface area contributed by atoms with Gasteiger partial charge in [-0.25, -0.2) is 0 Å². The average Bonchev–Trinajstić information content (AvgIpc) is 2.80. The predicted octanol–water partition coefficient (Wildman–Crippen LogP) is 4.86. The Bertz CT molecular complexity index is 523. The van der Waals surface area contributed by atoms with Crippen LogP contribution in [0.25, 0.3) is 6.08 Å². The van der Waals surface area contributed by atoms with E-state index < -0.39 is 0 Å². The van der Waals surface area contributed by atoms with Crippen molar-refractivity contribution in [3.63, 3.8) is 0 Å². The number of benzene rings is 1. The second-order valence-corrected chi connectivity index (χ2v) is 6.41. The molecule has 1 nitrogen and oxygen atoms in total. The van der Waals surface area contributed by atoms with Crippen molar-refractivity contribution in [2.75, 3.05) is 0 Å². The fourth-order valence-corrected chi connectivity index (χ4v) is 2.88. The summed E-state index contributed by atoms with van der Waals surface area (Å²) in [6, 6.07) is 7.24. The molecule has 0 amide bonds. The fraction of sp³-hybridized carbons (Fsp3) is 0.474. The summed E-state index contributed by atoms with van der Waals surface area (Å²) in [4.78, 5) is 0. The van der Waals surface area contributed by atoms with Gasteiger partial charge in [-0.1, -0.05) is 51.1 Å². The standard InChI is InChI=1S/C19H27N/c1-6-19(9-13(2)3)20-15(5)17-11-16-8-7-14(4)10-18(16)12-17/h7-8,10,12-13,19-20H,5-6,9,11H2,1-4H3. The molecule has 0 aliphatic heterocycles. The lowest BCUT2D eigenvalue weighted by Crippen LogP contribution is -2.29. The van der Waals surface area contributed by atoms with Crippen LogP contribution in [0.4, 0.5) is 0 Å². The Hall–Kier alpha value is -1.50. The highest BCUT2D eigenvalue weighted by Crippen LogP contribution is 2.29. The molecular formula is C19H27N. The zero-order chi connectivity index (χ0) is 14.7. The van der Waals surface area contributed by atoms with Crippen LogP contribution in [0.2, 0.25) is 0 Å². The molecule has 0 spiro atoms. The molecule has 1 aliphatic carbocycles. The number of hydrogen-bond acceptors (Lipinski definition) is 1. The second-order valence-electron chi connectivity index (χ2n) is 6.41. The van der Waals surface area contributed by atoms with E-state index in [4.69, 9.17) is 0 Å². The highest BCUT2D eigenvalue weighted by molar-refractivity contribution is 5.68. The van der Waals surface area contributed by atoms with Crippen LogP contribution >= 0.6 is 0 Å². The lowest BCUT2D eigenvalue weighted by Gasteiger charge is -2.22. The normalized spacial score (nSPS) is 14.9. The van der Waals surface area contributed by atoms with Gasteiger partial charge in [-0.3, -0.25) is 0 Å². The smallest absolute Gasteiger partial charge is 0.0305 e. The van der Waals surface area contributed by atoms with Gasteiger partial charge in [-0.05, 0) is 48.5 Å². The summed E-state index contributed by atoms with van der Waals surface area (Å²) in [6.45, 7) is 13.2. The first kappa shape index (κ1) is 14.9. The van der Waals surface area contributed by atoms with Gasteiger partial charge in [0.05, 0.1) is 0 Å². The minimum absolute atomic E-state index is 0.536. The molecule has 0 aromatic heterocycles. The minimum atomic E-state index is 0.536. The lowest BCUT2D eigenvalue weighted by atomic mass is 10.0. The largest absolute Gasteiger partial charge is 0.383 e. The molecule has 108 valence electrons. The van der Waals surface area contributed by atoms with Crippen LogP contribution in [0.5, 0.6) is 0 Å². The number of allylic oxidation sites excluding steroid dienone is 1. The van der Waals surface area contributed by atoms with Crippen LogP contribution in [-0.2, 0) is 6.42 Å². The zero-order valence-electron chi connectivity index (χ0n) is 13.3. The van der Waals surface area contributed by atoms with Gasteiger partial charge in [0.2, 0.25) is 0 Å². The summed E-state index contributed by atoms with van der Waals surface area (Å²) in [7, 11) is 0. The Morgan fingerprint density at radius 1 is 1.35 bits per heavy atom. The fourth-order valence-electron chi connectivity index (χ4n) is 2.88. The highest BCUT2D eigenvalue weighted by atomic mass is 14.9. The molecule has 1 unspecified atom stereocenters. The van der Waals surface area contributed by atoms with E-state index in [-0.39, 0.29) is 0 Å². The highest BCUT2D eigenvalue weighted by Gasteiger charge is 2.17.